The van der Waals surface area contributed by atoms with Crippen molar-refractivity contribution in [3.8, 4) is 17.1 Å². The van der Waals surface area contributed by atoms with Crippen LogP contribution >= 0.6 is 0 Å². The summed E-state index contributed by atoms with van der Waals surface area (Å²) in [5.41, 5.74) is 1.74. The van der Waals surface area contributed by atoms with Crippen molar-refractivity contribution in [2.75, 3.05) is 0 Å². The minimum atomic E-state index is -4.27. The van der Waals surface area contributed by atoms with Crippen molar-refractivity contribution in [1.82, 2.24) is 19.7 Å². The second-order valence-corrected chi connectivity index (χ2v) is 5.61. The van der Waals surface area contributed by atoms with Gasteiger partial charge >= 0.3 is 6.18 Å². The van der Waals surface area contributed by atoms with Gasteiger partial charge in [0.2, 0.25) is 0 Å². The highest BCUT2D eigenvalue weighted by atomic mass is 19.4. The summed E-state index contributed by atoms with van der Waals surface area (Å²) in [6, 6.07) is 8.30. The molecule has 6 nitrogen and oxygen atoms in total. The third-order valence-electron chi connectivity index (χ3n) is 3.75. The van der Waals surface area contributed by atoms with Crippen LogP contribution in [0.4, 0.5) is 13.2 Å². The quantitative estimate of drug-likeness (QED) is 0.589. The van der Waals surface area contributed by atoms with Crippen LogP contribution < -0.4 is 4.74 Å². The number of aryl methyl sites for hydroxylation is 1. The first-order chi connectivity index (χ1) is 13.0. The predicted molar refractivity (Wildman–Crippen MR) is 90.1 cm³/mol. The average Bonchev–Trinajstić information content (AvgIpc) is 3.13. The van der Waals surface area contributed by atoms with Crippen LogP contribution in [0.1, 0.15) is 22.5 Å². The number of nitrogens with zero attached hydrogens (tertiary/aromatic N) is 4. The van der Waals surface area contributed by atoms with Crippen molar-refractivity contribution in [3.63, 3.8) is 0 Å². The monoisotopic (exact) mass is 376 g/mol. The number of rotatable bonds is 7. The van der Waals surface area contributed by atoms with Gasteiger partial charge in [-0.05, 0) is 24.3 Å². The Morgan fingerprint density at radius 3 is 2.63 bits per heavy atom. The maximum absolute atomic E-state index is 12.5. The van der Waals surface area contributed by atoms with E-state index in [1.807, 2.05) is 0 Å². The molecule has 0 radical (unpaired) electrons. The van der Waals surface area contributed by atoms with Crippen molar-refractivity contribution in [2.24, 2.45) is 0 Å². The number of alkyl halides is 3. The SMILES string of the molecule is O=Cc1ncccc1OCc1cccnc1-c1ccnn1CCC(F)(F)F. The van der Waals surface area contributed by atoms with Gasteiger partial charge in [0.1, 0.15) is 18.1 Å². The molecule has 0 spiro atoms. The van der Waals surface area contributed by atoms with Gasteiger partial charge in [0, 0.05) is 24.2 Å². The highest BCUT2D eigenvalue weighted by Crippen LogP contribution is 2.26. The van der Waals surface area contributed by atoms with Crippen LogP contribution in [0.2, 0.25) is 0 Å². The van der Waals surface area contributed by atoms with Crippen LogP contribution in [0.3, 0.4) is 0 Å². The zero-order chi connectivity index (χ0) is 19.3. The van der Waals surface area contributed by atoms with Crippen LogP contribution in [0.5, 0.6) is 5.75 Å². The van der Waals surface area contributed by atoms with E-state index >= 15 is 0 Å². The molecule has 0 N–H and O–H groups in total. The van der Waals surface area contributed by atoms with Crippen molar-refractivity contribution in [2.45, 2.75) is 25.7 Å². The number of aromatic nitrogens is 4. The van der Waals surface area contributed by atoms with Crippen molar-refractivity contribution >= 4 is 6.29 Å². The molecule has 3 aromatic heterocycles. The number of hydrogen-bond donors (Lipinski definition) is 0. The molecule has 27 heavy (non-hydrogen) atoms. The van der Waals surface area contributed by atoms with Gasteiger partial charge in [0.15, 0.2) is 6.29 Å². The summed E-state index contributed by atoms with van der Waals surface area (Å²) in [6.45, 7) is -0.235. The standard InChI is InChI=1S/C18H15F3N4O2/c19-18(20,21)6-10-25-15(5-9-24-25)17-13(3-1-8-23-17)12-27-16-4-2-7-22-14(16)11-26/h1-5,7-9,11H,6,10,12H2. The zero-order valence-corrected chi connectivity index (χ0v) is 14.1. The summed E-state index contributed by atoms with van der Waals surface area (Å²) >= 11 is 0. The maximum Gasteiger partial charge on any atom is 0.390 e. The van der Waals surface area contributed by atoms with E-state index in [4.69, 9.17) is 4.74 Å². The number of halogens is 3. The van der Waals surface area contributed by atoms with Gasteiger partial charge in [-0.1, -0.05) is 6.07 Å². The highest BCUT2D eigenvalue weighted by Gasteiger charge is 2.27. The number of aldehydes is 1. The number of ether oxygens (including phenoxy) is 1. The van der Waals surface area contributed by atoms with Crippen LogP contribution in [-0.4, -0.2) is 32.2 Å². The average molecular weight is 376 g/mol. The van der Waals surface area contributed by atoms with E-state index in [0.717, 1.165) is 0 Å². The van der Waals surface area contributed by atoms with Crippen LogP contribution in [-0.2, 0) is 13.2 Å². The van der Waals surface area contributed by atoms with Crippen LogP contribution in [0, 0.1) is 0 Å². The fourth-order valence-electron chi connectivity index (χ4n) is 2.50. The summed E-state index contributed by atoms with van der Waals surface area (Å²) in [4.78, 5) is 19.2. The Balaban J connectivity index is 1.83. The fraction of sp³-hybridized carbons (Fsp3) is 0.222. The molecule has 0 aromatic carbocycles. The number of pyridine rings is 2. The third kappa shape index (κ3) is 4.69. The summed E-state index contributed by atoms with van der Waals surface area (Å²) in [6.07, 6.45) is -0.224. The van der Waals surface area contributed by atoms with E-state index in [2.05, 4.69) is 15.1 Å². The molecule has 0 aliphatic heterocycles. The molecule has 0 atom stereocenters. The van der Waals surface area contributed by atoms with Crippen LogP contribution in [0.25, 0.3) is 11.4 Å². The van der Waals surface area contributed by atoms with E-state index in [-0.39, 0.29) is 18.8 Å². The Morgan fingerprint density at radius 1 is 1.07 bits per heavy atom. The number of hydrogen-bond acceptors (Lipinski definition) is 5. The molecule has 0 fully saturated rings. The lowest BCUT2D eigenvalue weighted by atomic mass is 10.1. The topological polar surface area (TPSA) is 69.9 Å². The Kier molecular flexibility index (Phi) is 5.49. The lowest BCUT2D eigenvalue weighted by molar-refractivity contribution is -0.137. The fourth-order valence-corrected chi connectivity index (χ4v) is 2.50. The Hall–Kier alpha value is -3.23. The van der Waals surface area contributed by atoms with E-state index < -0.39 is 12.6 Å². The Bertz CT molecular complexity index is 925. The molecule has 3 aromatic rings. The largest absolute Gasteiger partial charge is 0.486 e. The smallest absolute Gasteiger partial charge is 0.390 e. The molecule has 140 valence electrons. The Labute approximate surface area is 152 Å². The van der Waals surface area contributed by atoms with Crippen molar-refractivity contribution in [1.29, 1.82) is 0 Å². The second kappa shape index (κ2) is 7.98. The van der Waals surface area contributed by atoms with Crippen molar-refractivity contribution in [3.05, 3.63) is 60.2 Å². The first-order valence-corrected chi connectivity index (χ1v) is 8.04. The van der Waals surface area contributed by atoms with Gasteiger partial charge in [-0.15, -0.1) is 0 Å². The lowest BCUT2D eigenvalue weighted by Gasteiger charge is -2.13. The maximum atomic E-state index is 12.5. The van der Waals surface area contributed by atoms with E-state index in [1.165, 1.54) is 17.1 Å². The molecule has 0 aliphatic rings. The molecule has 0 amide bonds. The predicted octanol–water partition coefficient (Wildman–Crippen LogP) is 3.68. The lowest BCUT2D eigenvalue weighted by Crippen LogP contribution is -2.14. The molecule has 0 unspecified atom stereocenters. The molecule has 0 saturated heterocycles. The molecule has 0 aliphatic carbocycles. The molecule has 3 heterocycles. The van der Waals surface area contributed by atoms with Crippen molar-refractivity contribution < 1.29 is 22.7 Å². The van der Waals surface area contributed by atoms with E-state index in [1.54, 1.807) is 36.5 Å². The van der Waals surface area contributed by atoms with Gasteiger partial charge < -0.3 is 4.74 Å². The van der Waals surface area contributed by atoms with Gasteiger partial charge in [-0.25, -0.2) is 4.98 Å². The van der Waals surface area contributed by atoms with Gasteiger partial charge in [0.25, 0.3) is 0 Å². The highest BCUT2D eigenvalue weighted by molar-refractivity contribution is 5.76. The summed E-state index contributed by atoms with van der Waals surface area (Å²) < 4.78 is 44.5. The second-order valence-electron chi connectivity index (χ2n) is 5.61. The minimum absolute atomic E-state index is 0.0696. The van der Waals surface area contributed by atoms with Gasteiger partial charge in [0.05, 0.1) is 24.4 Å². The molecule has 0 saturated carbocycles. The van der Waals surface area contributed by atoms with E-state index in [0.29, 0.717) is 29.0 Å². The molecular formula is C18H15F3N4O2. The molecular weight excluding hydrogens is 361 g/mol. The van der Waals surface area contributed by atoms with E-state index in [9.17, 15) is 18.0 Å². The van der Waals surface area contributed by atoms with Gasteiger partial charge in [-0.3, -0.25) is 14.5 Å². The normalized spacial score (nSPS) is 11.4. The molecule has 0 bridgehead atoms. The van der Waals surface area contributed by atoms with Gasteiger partial charge in [-0.2, -0.15) is 18.3 Å². The minimum Gasteiger partial charge on any atom is -0.486 e. The molecule has 3 rings (SSSR count). The molecule has 9 heteroatoms. The summed E-state index contributed by atoms with van der Waals surface area (Å²) in [5, 5.41) is 3.96. The zero-order valence-electron chi connectivity index (χ0n) is 14.1. The summed E-state index contributed by atoms with van der Waals surface area (Å²) in [7, 11) is 0. The summed E-state index contributed by atoms with van der Waals surface area (Å²) in [5.74, 6) is 0.313. The third-order valence-corrected chi connectivity index (χ3v) is 3.75. The van der Waals surface area contributed by atoms with Crippen LogP contribution in [0.15, 0.2) is 48.9 Å². The number of carbonyl (C=O) groups is 1. The Morgan fingerprint density at radius 2 is 1.85 bits per heavy atom. The number of carbonyl (C=O) groups excluding carboxylic acids is 1. The first kappa shape index (κ1) is 18.6. The first-order valence-electron chi connectivity index (χ1n) is 8.04.